The average Bonchev–Trinajstić information content (AvgIpc) is 3.18. The molecule has 0 saturated carbocycles. The van der Waals surface area contributed by atoms with Crippen molar-refractivity contribution in [2.75, 3.05) is 6.61 Å². The summed E-state index contributed by atoms with van der Waals surface area (Å²) in [5.41, 5.74) is 1.08. The number of hydrogen-bond acceptors (Lipinski definition) is 5. The highest BCUT2D eigenvalue weighted by Gasteiger charge is 2.28. The fourth-order valence-corrected chi connectivity index (χ4v) is 2.58. The van der Waals surface area contributed by atoms with E-state index in [0.29, 0.717) is 5.89 Å². The molecule has 108 valence electrons. The molecule has 0 aromatic carbocycles. The van der Waals surface area contributed by atoms with Crippen LogP contribution in [0.15, 0.2) is 16.9 Å². The van der Waals surface area contributed by atoms with Crippen LogP contribution < -0.4 is 0 Å². The summed E-state index contributed by atoms with van der Waals surface area (Å²) in [6.45, 7) is 4.98. The van der Waals surface area contributed by atoms with Gasteiger partial charge in [0.05, 0.1) is 18.2 Å². The Morgan fingerprint density at radius 3 is 2.90 bits per heavy atom. The number of aromatic nitrogens is 4. The van der Waals surface area contributed by atoms with E-state index < -0.39 is 0 Å². The highest BCUT2D eigenvalue weighted by Crippen LogP contribution is 2.29. The average molecular weight is 276 g/mol. The van der Waals surface area contributed by atoms with Gasteiger partial charge in [-0.1, -0.05) is 12.1 Å². The Morgan fingerprint density at radius 2 is 2.25 bits per heavy atom. The Labute approximate surface area is 118 Å². The number of hydrogen-bond donors (Lipinski definition) is 0. The van der Waals surface area contributed by atoms with Gasteiger partial charge in [-0.2, -0.15) is 10.1 Å². The summed E-state index contributed by atoms with van der Waals surface area (Å²) in [5.74, 6) is 1.61. The van der Waals surface area contributed by atoms with Crippen molar-refractivity contribution in [1.82, 2.24) is 19.9 Å². The predicted molar refractivity (Wildman–Crippen MR) is 72.4 cm³/mol. The summed E-state index contributed by atoms with van der Waals surface area (Å²) < 4.78 is 12.9. The first-order chi connectivity index (χ1) is 9.65. The molecule has 0 spiro atoms. The van der Waals surface area contributed by atoms with Crippen molar-refractivity contribution in [3.63, 3.8) is 0 Å². The molecule has 3 rings (SSSR count). The Balaban J connectivity index is 1.75. The van der Waals surface area contributed by atoms with E-state index in [2.05, 4.69) is 22.2 Å². The SMILES string of the molecule is CC(c1cnn(C)c1)c1nc(C(C)C2CCCO2)no1. The molecule has 6 nitrogen and oxygen atoms in total. The van der Waals surface area contributed by atoms with E-state index in [1.165, 1.54) is 0 Å². The zero-order chi connectivity index (χ0) is 14.1. The van der Waals surface area contributed by atoms with Gasteiger partial charge in [-0.3, -0.25) is 4.68 Å². The van der Waals surface area contributed by atoms with Crippen LogP contribution in [0.1, 0.15) is 55.8 Å². The zero-order valence-corrected chi connectivity index (χ0v) is 12.1. The van der Waals surface area contributed by atoms with Crippen molar-refractivity contribution < 1.29 is 9.26 Å². The molecule has 0 aliphatic carbocycles. The standard InChI is InChI=1S/C14H20N4O2/c1-9(11-7-15-18(3)8-11)14-16-13(17-20-14)10(2)12-5-4-6-19-12/h7-10,12H,4-6H2,1-3H3. The lowest BCUT2D eigenvalue weighted by atomic mass is 10.0. The number of ether oxygens (including phenoxy) is 1. The van der Waals surface area contributed by atoms with Gasteiger partial charge in [0.25, 0.3) is 0 Å². The molecular formula is C14H20N4O2. The summed E-state index contributed by atoms with van der Waals surface area (Å²) in [6.07, 6.45) is 6.21. The van der Waals surface area contributed by atoms with Crippen molar-refractivity contribution in [3.05, 3.63) is 29.7 Å². The minimum Gasteiger partial charge on any atom is -0.377 e. The maximum absolute atomic E-state index is 5.69. The molecule has 0 radical (unpaired) electrons. The minimum absolute atomic E-state index is 0.0571. The van der Waals surface area contributed by atoms with Gasteiger partial charge in [-0.05, 0) is 19.8 Å². The van der Waals surface area contributed by atoms with Gasteiger partial charge in [0.2, 0.25) is 5.89 Å². The second kappa shape index (κ2) is 5.36. The number of rotatable bonds is 4. The van der Waals surface area contributed by atoms with Crippen LogP contribution in [0.3, 0.4) is 0 Å². The molecule has 1 aliphatic heterocycles. The molecule has 1 saturated heterocycles. The molecule has 1 aliphatic rings. The van der Waals surface area contributed by atoms with E-state index in [4.69, 9.17) is 9.26 Å². The summed E-state index contributed by atoms with van der Waals surface area (Å²) in [6, 6.07) is 0. The Hall–Kier alpha value is -1.69. The fourth-order valence-electron chi connectivity index (χ4n) is 2.58. The number of aryl methyl sites for hydroxylation is 1. The molecule has 3 atom stereocenters. The molecule has 3 unspecified atom stereocenters. The van der Waals surface area contributed by atoms with Crippen molar-refractivity contribution in [2.24, 2.45) is 7.05 Å². The summed E-state index contributed by atoms with van der Waals surface area (Å²) in [4.78, 5) is 4.55. The van der Waals surface area contributed by atoms with Gasteiger partial charge in [0, 0.05) is 31.3 Å². The van der Waals surface area contributed by atoms with Crippen LogP contribution in [0.4, 0.5) is 0 Å². The molecule has 0 N–H and O–H groups in total. The van der Waals surface area contributed by atoms with Crippen LogP contribution in [0.2, 0.25) is 0 Å². The quantitative estimate of drug-likeness (QED) is 0.856. The third-order valence-corrected chi connectivity index (χ3v) is 3.98. The second-order valence-electron chi connectivity index (χ2n) is 5.50. The van der Waals surface area contributed by atoms with Crippen molar-refractivity contribution in [2.45, 2.75) is 44.6 Å². The largest absolute Gasteiger partial charge is 0.377 e. The van der Waals surface area contributed by atoms with Gasteiger partial charge in [0.1, 0.15) is 0 Å². The predicted octanol–water partition coefficient (Wildman–Crippen LogP) is 2.24. The van der Waals surface area contributed by atoms with E-state index in [-0.39, 0.29) is 17.9 Å². The monoisotopic (exact) mass is 276 g/mol. The van der Waals surface area contributed by atoms with Gasteiger partial charge < -0.3 is 9.26 Å². The first kappa shape index (κ1) is 13.3. The summed E-state index contributed by atoms with van der Waals surface area (Å²) >= 11 is 0. The maximum Gasteiger partial charge on any atom is 0.234 e. The lowest BCUT2D eigenvalue weighted by molar-refractivity contribution is 0.0902. The minimum atomic E-state index is 0.0571. The van der Waals surface area contributed by atoms with Crippen molar-refractivity contribution in [1.29, 1.82) is 0 Å². The maximum atomic E-state index is 5.69. The van der Waals surface area contributed by atoms with Gasteiger partial charge >= 0.3 is 0 Å². The van der Waals surface area contributed by atoms with Crippen LogP contribution in [-0.4, -0.2) is 32.6 Å². The Morgan fingerprint density at radius 1 is 1.40 bits per heavy atom. The molecule has 3 heterocycles. The molecular weight excluding hydrogens is 256 g/mol. The molecule has 2 aromatic heterocycles. The normalized spacial score (nSPS) is 22.1. The third-order valence-electron chi connectivity index (χ3n) is 3.98. The van der Waals surface area contributed by atoms with Gasteiger partial charge in [-0.15, -0.1) is 0 Å². The van der Waals surface area contributed by atoms with Gasteiger partial charge in [-0.25, -0.2) is 0 Å². The highest BCUT2D eigenvalue weighted by molar-refractivity contribution is 5.17. The lowest BCUT2D eigenvalue weighted by Crippen LogP contribution is -2.16. The van der Waals surface area contributed by atoms with E-state index in [9.17, 15) is 0 Å². The Bertz CT molecular complexity index is 571. The molecule has 20 heavy (non-hydrogen) atoms. The Kier molecular flexibility index (Phi) is 3.56. The summed E-state index contributed by atoms with van der Waals surface area (Å²) in [7, 11) is 1.90. The third kappa shape index (κ3) is 2.47. The smallest absolute Gasteiger partial charge is 0.234 e. The van der Waals surface area contributed by atoms with Crippen LogP contribution in [0.5, 0.6) is 0 Å². The fraction of sp³-hybridized carbons (Fsp3) is 0.643. The second-order valence-corrected chi connectivity index (χ2v) is 5.50. The van der Waals surface area contributed by atoms with Crippen LogP contribution >= 0.6 is 0 Å². The summed E-state index contributed by atoms with van der Waals surface area (Å²) in [5, 5.41) is 8.30. The van der Waals surface area contributed by atoms with Gasteiger partial charge in [0.15, 0.2) is 5.82 Å². The van der Waals surface area contributed by atoms with E-state index in [0.717, 1.165) is 30.8 Å². The molecule has 1 fully saturated rings. The van der Waals surface area contributed by atoms with Crippen molar-refractivity contribution >= 4 is 0 Å². The first-order valence-electron chi connectivity index (χ1n) is 7.09. The van der Waals surface area contributed by atoms with E-state index in [1.54, 1.807) is 4.68 Å². The lowest BCUT2D eigenvalue weighted by Gasteiger charge is -2.14. The highest BCUT2D eigenvalue weighted by atomic mass is 16.5. The van der Waals surface area contributed by atoms with Crippen molar-refractivity contribution in [3.8, 4) is 0 Å². The van der Waals surface area contributed by atoms with Crippen LogP contribution in [0.25, 0.3) is 0 Å². The zero-order valence-electron chi connectivity index (χ0n) is 12.1. The molecule has 2 aromatic rings. The number of nitrogens with zero attached hydrogens (tertiary/aromatic N) is 4. The van der Waals surface area contributed by atoms with E-state index in [1.807, 2.05) is 26.4 Å². The van der Waals surface area contributed by atoms with Crippen LogP contribution in [0, 0.1) is 0 Å². The molecule has 0 amide bonds. The first-order valence-corrected chi connectivity index (χ1v) is 7.09. The molecule has 0 bridgehead atoms. The van der Waals surface area contributed by atoms with E-state index >= 15 is 0 Å². The van der Waals surface area contributed by atoms with Crippen LogP contribution in [-0.2, 0) is 11.8 Å². The molecule has 6 heteroatoms. The topological polar surface area (TPSA) is 66.0 Å².